The number of aryl methyl sites for hydroxylation is 1. The van der Waals surface area contributed by atoms with Crippen LogP contribution in [0.3, 0.4) is 0 Å². The fourth-order valence-electron chi connectivity index (χ4n) is 3.83. The second kappa shape index (κ2) is 10.0. The fourth-order valence-corrected chi connectivity index (χ4v) is 4.88. The number of nitrogens with one attached hydrogen (secondary N) is 1. The van der Waals surface area contributed by atoms with Gasteiger partial charge in [0.2, 0.25) is 5.91 Å². The van der Waals surface area contributed by atoms with Gasteiger partial charge in [-0.2, -0.15) is 0 Å². The minimum Gasteiger partial charge on any atom is -0.496 e. The van der Waals surface area contributed by atoms with Crippen molar-refractivity contribution in [2.75, 3.05) is 26.7 Å². The van der Waals surface area contributed by atoms with E-state index in [1.165, 1.54) is 5.56 Å². The largest absolute Gasteiger partial charge is 0.496 e. The van der Waals surface area contributed by atoms with Crippen molar-refractivity contribution in [3.05, 3.63) is 64.7 Å². The molecule has 0 aliphatic carbocycles. The molecule has 1 saturated heterocycles. The number of rotatable bonds is 7. The van der Waals surface area contributed by atoms with E-state index in [4.69, 9.17) is 4.74 Å². The van der Waals surface area contributed by atoms with Crippen LogP contribution in [0, 0.1) is 6.92 Å². The van der Waals surface area contributed by atoms with Crippen LogP contribution in [0.4, 0.5) is 0 Å². The third-order valence-electron chi connectivity index (χ3n) is 5.69. The van der Waals surface area contributed by atoms with Crippen LogP contribution in [0.5, 0.6) is 5.75 Å². The molecule has 2 heterocycles. The summed E-state index contributed by atoms with van der Waals surface area (Å²) in [4.78, 5) is 14.6. The Hall–Kier alpha value is -2.77. The van der Waals surface area contributed by atoms with Crippen molar-refractivity contribution in [3.63, 3.8) is 0 Å². The van der Waals surface area contributed by atoms with Gasteiger partial charge in [-0.25, -0.2) is 0 Å². The van der Waals surface area contributed by atoms with E-state index in [2.05, 4.69) is 51.6 Å². The molecule has 0 unspecified atom stereocenters. The summed E-state index contributed by atoms with van der Waals surface area (Å²) < 4.78 is 5.45. The molecule has 0 atom stereocenters. The number of methoxy groups -OCH3 is 1. The number of carbonyl (C=O) groups excluding carboxylic acids is 1. The number of benzene rings is 2. The zero-order chi connectivity index (χ0) is 21.6. The van der Waals surface area contributed by atoms with E-state index in [1.807, 2.05) is 24.3 Å². The van der Waals surface area contributed by atoms with Gasteiger partial charge >= 0.3 is 0 Å². The summed E-state index contributed by atoms with van der Waals surface area (Å²) in [6.45, 7) is 4.87. The first-order valence-electron chi connectivity index (χ1n) is 10.6. The van der Waals surface area contributed by atoms with Crippen molar-refractivity contribution < 1.29 is 9.53 Å². The van der Waals surface area contributed by atoms with Gasteiger partial charge in [0.05, 0.1) is 19.2 Å². The van der Waals surface area contributed by atoms with Crippen LogP contribution >= 0.6 is 11.3 Å². The summed E-state index contributed by atoms with van der Waals surface area (Å²) in [6, 6.07) is 16.2. The third-order valence-corrected chi connectivity index (χ3v) is 6.81. The first-order chi connectivity index (χ1) is 15.1. The van der Waals surface area contributed by atoms with E-state index in [-0.39, 0.29) is 5.91 Å². The number of para-hydroxylation sites is 1. The van der Waals surface area contributed by atoms with Gasteiger partial charge in [-0.15, -0.1) is 10.2 Å². The number of nitrogens with zero attached hydrogens (tertiary/aromatic N) is 3. The van der Waals surface area contributed by atoms with Crippen LogP contribution in [0.1, 0.15) is 34.9 Å². The molecule has 2 aromatic carbocycles. The topological polar surface area (TPSA) is 67.4 Å². The molecule has 0 bridgehead atoms. The Bertz CT molecular complexity index is 1010. The van der Waals surface area contributed by atoms with Crippen molar-refractivity contribution in [1.29, 1.82) is 0 Å². The highest BCUT2D eigenvalue weighted by atomic mass is 32.1. The van der Waals surface area contributed by atoms with Crippen LogP contribution in [0.2, 0.25) is 0 Å². The summed E-state index contributed by atoms with van der Waals surface area (Å²) in [5.74, 6) is 1.29. The number of hydrogen-bond acceptors (Lipinski definition) is 6. The molecule has 0 radical (unpaired) electrons. The molecular weight excluding hydrogens is 408 g/mol. The number of aromatic nitrogens is 2. The van der Waals surface area contributed by atoms with Crippen LogP contribution in [0.15, 0.2) is 48.5 Å². The van der Waals surface area contributed by atoms with Gasteiger partial charge < -0.3 is 10.1 Å². The number of piperidine rings is 1. The lowest BCUT2D eigenvalue weighted by Crippen LogP contribution is -2.41. The molecule has 4 rings (SSSR count). The molecule has 1 N–H and O–H groups in total. The van der Waals surface area contributed by atoms with Crippen LogP contribution < -0.4 is 10.1 Å². The molecule has 0 spiro atoms. The predicted molar refractivity (Wildman–Crippen MR) is 123 cm³/mol. The third kappa shape index (κ3) is 5.48. The second-order valence-electron chi connectivity index (χ2n) is 7.96. The molecule has 1 aliphatic rings. The average molecular weight is 437 g/mol. The van der Waals surface area contributed by atoms with E-state index < -0.39 is 0 Å². The van der Waals surface area contributed by atoms with Gasteiger partial charge in [0.1, 0.15) is 10.8 Å². The van der Waals surface area contributed by atoms with Crippen LogP contribution in [0.25, 0.3) is 10.6 Å². The predicted octanol–water partition coefficient (Wildman–Crippen LogP) is 4.02. The monoisotopic (exact) mass is 436 g/mol. The Kier molecular flexibility index (Phi) is 6.94. The number of likely N-dealkylation sites (tertiary alicyclic amines) is 1. The number of amides is 1. The summed E-state index contributed by atoms with van der Waals surface area (Å²) in [5.41, 5.74) is 3.33. The standard InChI is InChI=1S/C24H28N4O2S/c1-17-7-9-18(10-8-17)15-25-22(29)16-28-13-11-19(12-14-28)23-26-27-24(31-23)20-5-3-4-6-21(20)30-2/h3-10,19H,11-16H2,1-2H3,(H,25,29). The molecule has 0 saturated carbocycles. The molecule has 1 aromatic heterocycles. The summed E-state index contributed by atoms with van der Waals surface area (Å²) >= 11 is 1.64. The Morgan fingerprint density at radius 3 is 2.61 bits per heavy atom. The number of carbonyl (C=O) groups is 1. The van der Waals surface area contributed by atoms with E-state index in [9.17, 15) is 4.79 Å². The Morgan fingerprint density at radius 2 is 1.87 bits per heavy atom. The van der Waals surface area contributed by atoms with Gasteiger partial charge in [-0.1, -0.05) is 53.3 Å². The Labute approximate surface area is 187 Å². The molecule has 1 amide bonds. The quantitative estimate of drug-likeness (QED) is 0.606. The van der Waals surface area contributed by atoms with Gasteiger partial charge in [-0.3, -0.25) is 9.69 Å². The van der Waals surface area contributed by atoms with Crippen LogP contribution in [-0.4, -0.2) is 47.7 Å². The van der Waals surface area contributed by atoms with Crippen molar-refractivity contribution in [2.24, 2.45) is 0 Å². The first kappa shape index (κ1) is 21.5. The minimum atomic E-state index is 0.0772. The normalized spacial score (nSPS) is 15.0. The molecule has 3 aromatic rings. The minimum absolute atomic E-state index is 0.0772. The Balaban J connectivity index is 1.26. The van der Waals surface area contributed by atoms with Crippen molar-refractivity contribution >= 4 is 17.2 Å². The fraction of sp³-hybridized carbons (Fsp3) is 0.375. The lowest BCUT2D eigenvalue weighted by atomic mass is 9.98. The number of hydrogen-bond donors (Lipinski definition) is 1. The molecule has 31 heavy (non-hydrogen) atoms. The SMILES string of the molecule is COc1ccccc1-c1nnc(C2CCN(CC(=O)NCc3ccc(C)cc3)CC2)s1. The smallest absolute Gasteiger partial charge is 0.234 e. The zero-order valence-electron chi connectivity index (χ0n) is 18.0. The highest BCUT2D eigenvalue weighted by Gasteiger charge is 2.25. The molecule has 1 fully saturated rings. The maximum atomic E-state index is 12.3. The maximum absolute atomic E-state index is 12.3. The van der Waals surface area contributed by atoms with E-state index in [1.54, 1.807) is 18.4 Å². The maximum Gasteiger partial charge on any atom is 0.234 e. The highest BCUT2D eigenvalue weighted by molar-refractivity contribution is 7.14. The lowest BCUT2D eigenvalue weighted by Gasteiger charge is -2.30. The van der Waals surface area contributed by atoms with Gasteiger partial charge in [0, 0.05) is 12.5 Å². The molecular formula is C24H28N4O2S. The van der Waals surface area contributed by atoms with Crippen molar-refractivity contribution in [3.8, 4) is 16.3 Å². The molecule has 162 valence electrons. The van der Waals surface area contributed by atoms with E-state index >= 15 is 0 Å². The van der Waals surface area contributed by atoms with Gasteiger partial charge in [0.25, 0.3) is 0 Å². The second-order valence-corrected chi connectivity index (χ2v) is 8.97. The van der Waals surface area contributed by atoms with Gasteiger partial charge in [-0.05, 0) is 50.6 Å². The summed E-state index contributed by atoms with van der Waals surface area (Å²) in [7, 11) is 1.67. The van der Waals surface area contributed by atoms with E-state index in [0.29, 0.717) is 19.0 Å². The zero-order valence-corrected chi connectivity index (χ0v) is 18.8. The van der Waals surface area contributed by atoms with Crippen molar-refractivity contribution in [1.82, 2.24) is 20.4 Å². The van der Waals surface area contributed by atoms with Crippen molar-refractivity contribution in [2.45, 2.75) is 32.2 Å². The summed E-state index contributed by atoms with van der Waals surface area (Å²) in [6.07, 6.45) is 1.98. The first-order valence-corrected chi connectivity index (χ1v) is 11.5. The van der Waals surface area contributed by atoms with Gasteiger partial charge in [0.15, 0.2) is 5.01 Å². The number of ether oxygens (including phenoxy) is 1. The lowest BCUT2D eigenvalue weighted by molar-refractivity contribution is -0.122. The Morgan fingerprint density at radius 1 is 1.13 bits per heavy atom. The molecule has 1 aliphatic heterocycles. The molecule has 6 nitrogen and oxygen atoms in total. The average Bonchev–Trinajstić information content (AvgIpc) is 3.29. The van der Waals surface area contributed by atoms with E-state index in [0.717, 1.165) is 52.8 Å². The highest BCUT2D eigenvalue weighted by Crippen LogP contribution is 2.36. The van der Waals surface area contributed by atoms with Crippen LogP contribution in [-0.2, 0) is 11.3 Å². The summed E-state index contributed by atoms with van der Waals surface area (Å²) in [5, 5.41) is 13.9. The molecule has 7 heteroatoms.